The zero-order chi connectivity index (χ0) is 16.9. The van der Waals surface area contributed by atoms with Crippen molar-refractivity contribution in [1.82, 2.24) is 15.5 Å². The predicted octanol–water partition coefficient (Wildman–Crippen LogP) is 1.87. The molecule has 2 atom stereocenters. The first-order chi connectivity index (χ1) is 11.7. The first kappa shape index (κ1) is 20.5. The van der Waals surface area contributed by atoms with Crippen LogP contribution in [-0.4, -0.2) is 62.3 Å². The summed E-state index contributed by atoms with van der Waals surface area (Å²) in [6.45, 7) is 3.34. The number of ether oxygens (including phenoxy) is 1. The van der Waals surface area contributed by atoms with E-state index in [1.807, 2.05) is 12.1 Å². The van der Waals surface area contributed by atoms with E-state index in [-0.39, 0.29) is 24.4 Å². The lowest BCUT2D eigenvalue weighted by atomic mass is 9.97. The molecular formula is C18H27Cl2N3O2. The van der Waals surface area contributed by atoms with E-state index in [4.69, 9.17) is 16.3 Å². The Kier molecular flexibility index (Phi) is 7.97. The molecule has 140 valence electrons. The maximum atomic E-state index is 12.0. The minimum Gasteiger partial charge on any atom is -0.365 e. The summed E-state index contributed by atoms with van der Waals surface area (Å²) in [4.78, 5) is 14.5. The Balaban J connectivity index is 0.00000225. The van der Waals surface area contributed by atoms with Crippen molar-refractivity contribution in [3.63, 3.8) is 0 Å². The van der Waals surface area contributed by atoms with Crippen LogP contribution in [0.15, 0.2) is 24.3 Å². The molecule has 2 fully saturated rings. The summed E-state index contributed by atoms with van der Waals surface area (Å²) in [5.74, 6) is -0.0288. The van der Waals surface area contributed by atoms with Crippen LogP contribution in [0.1, 0.15) is 18.4 Å². The third-order valence-electron chi connectivity index (χ3n) is 5.04. The van der Waals surface area contributed by atoms with Crippen LogP contribution in [-0.2, 0) is 16.0 Å². The molecule has 0 spiro atoms. The van der Waals surface area contributed by atoms with Gasteiger partial charge < -0.3 is 15.4 Å². The molecular weight excluding hydrogens is 361 g/mol. The lowest BCUT2D eigenvalue weighted by Gasteiger charge is -2.45. The summed E-state index contributed by atoms with van der Waals surface area (Å²) in [7, 11) is 1.67. The van der Waals surface area contributed by atoms with Crippen LogP contribution in [0.5, 0.6) is 0 Å². The summed E-state index contributed by atoms with van der Waals surface area (Å²) >= 11 is 5.99. The first-order valence-corrected chi connectivity index (χ1v) is 9.09. The predicted molar refractivity (Wildman–Crippen MR) is 103 cm³/mol. The third-order valence-corrected chi connectivity index (χ3v) is 5.29. The van der Waals surface area contributed by atoms with Gasteiger partial charge in [-0.25, -0.2) is 0 Å². The van der Waals surface area contributed by atoms with E-state index in [1.165, 1.54) is 5.56 Å². The Hall–Kier alpha value is -0.850. The fraction of sp³-hybridized carbons (Fsp3) is 0.611. The van der Waals surface area contributed by atoms with Gasteiger partial charge in [-0.15, -0.1) is 12.4 Å². The van der Waals surface area contributed by atoms with E-state index in [9.17, 15) is 4.79 Å². The summed E-state index contributed by atoms with van der Waals surface area (Å²) in [5, 5.41) is 6.89. The monoisotopic (exact) mass is 387 g/mol. The van der Waals surface area contributed by atoms with Crippen LogP contribution in [0.2, 0.25) is 5.02 Å². The molecule has 0 unspecified atom stereocenters. The Morgan fingerprint density at radius 3 is 2.64 bits per heavy atom. The number of piperidine rings is 1. The van der Waals surface area contributed by atoms with E-state index in [2.05, 4.69) is 27.7 Å². The van der Waals surface area contributed by atoms with E-state index < -0.39 is 0 Å². The molecule has 7 heteroatoms. The van der Waals surface area contributed by atoms with Gasteiger partial charge in [-0.3, -0.25) is 9.69 Å². The Labute approximate surface area is 160 Å². The fourth-order valence-corrected chi connectivity index (χ4v) is 3.82. The number of nitrogens with zero attached hydrogens (tertiary/aromatic N) is 1. The van der Waals surface area contributed by atoms with E-state index in [1.54, 1.807) is 7.05 Å². The molecule has 0 saturated carbocycles. The van der Waals surface area contributed by atoms with Gasteiger partial charge in [0, 0.05) is 30.7 Å². The average Bonchev–Trinajstić information content (AvgIpc) is 2.64. The van der Waals surface area contributed by atoms with Crippen LogP contribution in [0.4, 0.5) is 0 Å². The lowest BCUT2D eigenvalue weighted by Crippen LogP contribution is -2.59. The second-order valence-electron chi connectivity index (χ2n) is 6.60. The molecule has 0 radical (unpaired) electrons. The van der Waals surface area contributed by atoms with E-state index >= 15 is 0 Å². The quantitative estimate of drug-likeness (QED) is 0.827. The summed E-state index contributed by atoms with van der Waals surface area (Å²) < 4.78 is 5.86. The number of benzene rings is 1. The summed E-state index contributed by atoms with van der Waals surface area (Å²) in [6, 6.07) is 8.84. The number of morpholine rings is 1. The van der Waals surface area contributed by atoms with Crippen LogP contribution in [0.3, 0.4) is 0 Å². The standard InChI is InChI=1S/C18H26ClN3O2.ClH/c1-20-18(23)17-11-22(15-6-8-21-9-7-15)16(12-24-17)10-13-2-4-14(19)5-3-13;/h2-5,15-17,21H,6-12H2,1H3,(H,20,23);1H/t16-,17+;/m0./s1. The lowest BCUT2D eigenvalue weighted by molar-refractivity contribution is -0.144. The van der Waals surface area contributed by atoms with Gasteiger partial charge in [0.2, 0.25) is 5.91 Å². The molecule has 2 N–H and O–H groups in total. The third kappa shape index (κ3) is 5.31. The second kappa shape index (κ2) is 9.74. The van der Waals surface area contributed by atoms with Crippen LogP contribution in [0.25, 0.3) is 0 Å². The molecule has 5 nitrogen and oxygen atoms in total. The van der Waals surface area contributed by atoms with Gasteiger partial charge in [-0.05, 0) is 50.0 Å². The second-order valence-corrected chi connectivity index (χ2v) is 7.04. The molecule has 25 heavy (non-hydrogen) atoms. The maximum Gasteiger partial charge on any atom is 0.250 e. The van der Waals surface area contributed by atoms with Crippen LogP contribution >= 0.6 is 24.0 Å². The molecule has 0 bridgehead atoms. The topological polar surface area (TPSA) is 53.6 Å². The zero-order valence-electron chi connectivity index (χ0n) is 14.5. The highest BCUT2D eigenvalue weighted by Crippen LogP contribution is 2.24. The van der Waals surface area contributed by atoms with Gasteiger partial charge >= 0.3 is 0 Å². The van der Waals surface area contributed by atoms with Gasteiger partial charge in [-0.1, -0.05) is 23.7 Å². The number of rotatable bonds is 4. The van der Waals surface area contributed by atoms with Gasteiger partial charge in [0.1, 0.15) is 6.10 Å². The number of nitrogens with one attached hydrogen (secondary N) is 2. The smallest absolute Gasteiger partial charge is 0.250 e. The first-order valence-electron chi connectivity index (χ1n) is 8.71. The molecule has 1 aromatic rings. The van der Waals surface area contributed by atoms with Crippen molar-refractivity contribution in [2.24, 2.45) is 0 Å². The van der Waals surface area contributed by atoms with Gasteiger partial charge in [0.25, 0.3) is 0 Å². The number of amides is 1. The number of carbonyl (C=O) groups excluding carboxylic acids is 1. The molecule has 3 rings (SSSR count). The molecule has 2 heterocycles. The minimum atomic E-state index is -0.369. The van der Waals surface area contributed by atoms with Gasteiger partial charge in [-0.2, -0.15) is 0 Å². The number of likely N-dealkylation sites (N-methyl/N-ethyl adjacent to an activating group) is 1. The van der Waals surface area contributed by atoms with Crippen LogP contribution < -0.4 is 10.6 Å². The normalized spacial score (nSPS) is 25.2. The maximum absolute atomic E-state index is 12.0. The highest BCUT2D eigenvalue weighted by atomic mass is 35.5. The Morgan fingerprint density at radius 2 is 2.00 bits per heavy atom. The average molecular weight is 388 g/mol. The van der Waals surface area contributed by atoms with Gasteiger partial charge in [0.05, 0.1) is 6.61 Å². The van der Waals surface area contributed by atoms with Crippen molar-refractivity contribution < 1.29 is 9.53 Å². The fourth-order valence-electron chi connectivity index (χ4n) is 3.69. The SMILES string of the molecule is CNC(=O)[C@H]1CN(C2CCNCC2)[C@@H](Cc2ccc(Cl)cc2)CO1.Cl. The van der Waals surface area contributed by atoms with Crippen molar-refractivity contribution in [3.05, 3.63) is 34.9 Å². The molecule has 0 aliphatic carbocycles. The van der Waals surface area contributed by atoms with Crippen molar-refractivity contribution >= 4 is 29.9 Å². The molecule has 2 aliphatic heterocycles. The highest BCUT2D eigenvalue weighted by molar-refractivity contribution is 6.30. The Morgan fingerprint density at radius 1 is 1.32 bits per heavy atom. The minimum absolute atomic E-state index is 0. The Bertz CT molecular complexity index is 550. The number of hydrogen-bond donors (Lipinski definition) is 2. The van der Waals surface area contributed by atoms with E-state index in [0.717, 1.165) is 37.4 Å². The van der Waals surface area contributed by atoms with Crippen molar-refractivity contribution in [2.75, 3.05) is 33.3 Å². The van der Waals surface area contributed by atoms with Crippen molar-refractivity contribution in [2.45, 2.75) is 37.5 Å². The summed E-state index contributed by atoms with van der Waals surface area (Å²) in [5.41, 5.74) is 1.25. The molecule has 2 aliphatic rings. The molecule has 0 aromatic heterocycles. The number of hydrogen-bond acceptors (Lipinski definition) is 4. The van der Waals surface area contributed by atoms with Crippen molar-refractivity contribution in [3.8, 4) is 0 Å². The number of carbonyl (C=O) groups is 1. The largest absolute Gasteiger partial charge is 0.365 e. The highest BCUT2D eigenvalue weighted by Gasteiger charge is 2.36. The summed E-state index contributed by atoms with van der Waals surface area (Å²) in [6.07, 6.45) is 2.79. The van der Waals surface area contributed by atoms with Gasteiger partial charge in [0.15, 0.2) is 0 Å². The number of halogens is 2. The molecule has 1 amide bonds. The van der Waals surface area contributed by atoms with Crippen LogP contribution in [0, 0.1) is 0 Å². The molecule has 1 aromatic carbocycles. The van der Waals surface area contributed by atoms with E-state index in [0.29, 0.717) is 25.2 Å². The van der Waals surface area contributed by atoms with Crippen molar-refractivity contribution in [1.29, 1.82) is 0 Å². The zero-order valence-corrected chi connectivity index (χ0v) is 16.1. The molecule has 2 saturated heterocycles.